The molecule has 0 aliphatic rings. The molecular formula is C17H14ClN3. The molecule has 1 N–H and O–H groups in total. The van der Waals surface area contributed by atoms with Crippen LogP contribution in [0.15, 0.2) is 48.7 Å². The van der Waals surface area contributed by atoms with Gasteiger partial charge in [0.2, 0.25) is 0 Å². The number of aromatic nitrogens is 1. The van der Waals surface area contributed by atoms with Crippen LogP contribution in [0, 0.1) is 11.3 Å². The first-order valence-corrected chi connectivity index (χ1v) is 7.03. The van der Waals surface area contributed by atoms with Gasteiger partial charge in [0.25, 0.3) is 0 Å². The molecule has 2 aromatic carbocycles. The molecule has 0 radical (unpaired) electrons. The summed E-state index contributed by atoms with van der Waals surface area (Å²) in [7, 11) is 2.05. The highest BCUT2D eigenvalue weighted by Gasteiger charge is 2.06. The van der Waals surface area contributed by atoms with Crippen molar-refractivity contribution in [1.82, 2.24) is 4.57 Å². The maximum absolute atomic E-state index is 8.88. The standard InChI is InChI=1S/C17H14ClN3/c1-21-11-13(15-4-2-3-5-17(15)21)10-20-14-7-6-12(9-19)16(18)8-14/h2-8,11,20H,10H2,1H3. The predicted octanol–water partition coefficient (Wildman–Crippen LogP) is 4.32. The van der Waals surface area contributed by atoms with Crippen LogP contribution < -0.4 is 5.32 Å². The summed E-state index contributed by atoms with van der Waals surface area (Å²) in [4.78, 5) is 0. The monoisotopic (exact) mass is 295 g/mol. The topological polar surface area (TPSA) is 40.8 Å². The van der Waals surface area contributed by atoms with Crippen molar-refractivity contribution >= 4 is 28.2 Å². The fraction of sp³-hybridized carbons (Fsp3) is 0.118. The molecular weight excluding hydrogens is 282 g/mol. The van der Waals surface area contributed by atoms with Crippen molar-refractivity contribution in [2.75, 3.05) is 5.32 Å². The molecule has 0 spiro atoms. The molecule has 4 heteroatoms. The molecule has 0 saturated heterocycles. The maximum Gasteiger partial charge on any atom is 0.101 e. The largest absolute Gasteiger partial charge is 0.381 e. The number of hydrogen-bond donors (Lipinski definition) is 1. The van der Waals surface area contributed by atoms with Crippen molar-refractivity contribution in [3.63, 3.8) is 0 Å². The molecule has 0 aliphatic heterocycles. The number of benzene rings is 2. The van der Waals surface area contributed by atoms with Crippen LogP contribution in [0.5, 0.6) is 0 Å². The van der Waals surface area contributed by atoms with E-state index in [-0.39, 0.29) is 0 Å². The van der Waals surface area contributed by atoms with E-state index in [0.29, 0.717) is 17.1 Å². The number of anilines is 1. The van der Waals surface area contributed by atoms with E-state index in [4.69, 9.17) is 16.9 Å². The van der Waals surface area contributed by atoms with Crippen LogP contribution in [0.2, 0.25) is 5.02 Å². The summed E-state index contributed by atoms with van der Waals surface area (Å²) >= 11 is 6.04. The molecule has 0 atom stereocenters. The van der Waals surface area contributed by atoms with Crippen LogP contribution in [-0.4, -0.2) is 4.57 Å². The highest BCUT2D eigenvalue weighted by Crippen LogP contribution is 2.23. The van der Waals surface area contributed by atoms with E-state index in [9.17, 15) is 0 Å². The smallest absolute Gasteiger partial charge is 0.101 e. The lowest BCUT2D eigenvalue weighted by Crippen LogP contribution is -1.99. The Morgan fingerprint density at radius 3 is 2.81 bits per heavy atom. The summed E-state index contributed by atoms with van der Waals surface area (Å²) in [6.07, 6.45) is 2.13. The first-order chi connectivity index (χ1) is 10.2. The first kappa shape index (κ1) is 13.5. The van der Waals surface area contributed by atoms with Crippen molar-refractivity contribution in [1.29, 1.82) is 5.26 Å². The lowest BCUT2D eigenvalue weighted by molar-refractivity contribution is 0.956. The Morgan fingerprint density at radius 1 is 1.24 bits per heavy atom. The SMILES string of the molecule is Cn1cc(CNc2ccc(C#N)c(Cl)c2)c2ccccc21. The summed E-state index contributed by atoms with van der Waals surface area (Å²) in [5, 5.41) is 13.9. The third-order valence-electron chi connectivity index (χ3n) is 3.55. The van der Waals surface area contributed by atoms with Gasteiger partial charge in [-0.15, -0.1) is 0 Å². The molecule has 0 fully saturated rings. The van der Waals surface area contributed by atoms with Gasteiger partial charge in [0.1, 0.15) is 6.07 Å². The molecule has 0 aliphatic carbocycles. The summed E-state index contributed by atoms with van der Waals surface area (Å²) in [6.45, 7) is 0.712. The van der Waals surface area contributed by atoms with Gasteiger partial charge in [-0.3, -0.25) is 0 Å². The van der Waals surface area contributed by atoms with E-state index in [1.54, 1.807) is 12.1 Å². The molecule has 21 heavy (non-hydrogen) atoms. The summed E-state index contributed by atoms with van der Waals surface area (Å²) in [5.41, 5.74) is 3.85. The fourth-order valence-corrected chi connectivity index (χ4v) is 2.70. The zero-order valence-electron chi connectivity index (χ0n) is 11.6. The Balaban J connectivity index is 1.84. The number of hydrogen-bond acceptors (Lipinski definition) is 2. The van der Waals surface area contributed by atoms with Crippen molar-refractivity contribution < 1.29 is 0 Å². The average molecular weight is 296 g/mol. The van der Waals surface area contributed by atoms with Gasteiger partial charge in [0.05, 0.1) is 10.6 Å². The zero-order valence-corrected chi connectivity index (χ0v) is 12.4. The van der Waals surface area contributed by atoms with Gasteiger partial charge in [0.15, 0.2) is 0 Å². The number of nitrogens with zero attached hydrogens (tertiary/aromatic N) is 2. The lowest BCUT2D eigenvalue weighted by Gasteiger charge is -2.06. The molecule has 1 aromatic heterocycles. The van der Waals surface area contributed by atoms with E-state index >= 15 is 0 Å². The second-order valence-electron chi connectivity index (χ2n) is 4.94. The molecule has 0 saturated carbocycles. The summed E-state index contributed by atoms with van der Waals surface area (Å²) < 4.78 is 2.12. The van der Waals surface area contributed by atoms with Gasteiger partial charge in [-0.2, -0.15) is 5.26 Å². The van der Waals surface area contributed by atoms with Crippen LogP contribution in [-0.2, 0) is 13.6 Å². The lowest BCUT2D eigenvalue weighted by atomic mass is 10.1. The number of aryl methyl sites for hydroxylation is 1. The highest BCUT2D eigenvalue weighted by atomic mass is 35.5. The van der Waals surface area contributed by atoms with Gasteiger partial charge >= 0.3 is 0 Å². The number of halogens is 1. The Hall–Kier alpha value is -2.44. The quantitative estimate of drug-likeness (QED) is 0.782. The third-order valence-corrected chi connectivity index (χ3v) is 3.86. The normalized spacial score (nSPS) is 10.5. The molecule has 0 bridgehead atoms. The molecule has 3 aromatic rings. The van der Waals surface area contributed by atoms with Gasteiger partial charge in [-0.25, -0.2) is 0 Å². The molecule has 0 unspecified atom stereocenters. The molecule has 0 amide bonds. The highest BCUT2D eigenvalue weighted by molar-refractivity contribution is 6.32. The second kappa shape index (κ2) is 5.51. The van der Waals surface area contributed by atoms with Gasteiger partial charge in [-0.05, 0) is 29.8 Å². The van der Waals surface area contributed by atoms with Crippen molar-refractivity contribution in [3.8, 4) is 6.07 Å². The van der Waals surface area contributed by atoms with Gasteiger partial charge in [0, 0.05) is 36.4 Å². The van der Waals surface area contributed by atoms with Crippen LogP contribution >= 0.6 is 11.6 Å². The van der Waals surface area contributed by atoms with Gasteiger partial charge < -0.3 is 9.88 Å². The summed E-state index contributed by atoms with van der Waals surface area (Å²) in [6, 6.07) is 15.8. The maximum atomic E-state index is 8.88. The van der Waals surface area contributed by atoms with Crippen LogP contribution in [0.25, 0.3) is 10.9 Å². The molecule has 3 rings (SSSR count). The average Bonchev–Trinajstić information content (AvgIpc) is 2.82. The fourth-order valence-electron chi connectivity index (χ4n) is 2.48. The first-order valence-electron chi connectivity index (χ1n) is 6.65. The van der Waals surface area contributed by atoms with Gasteiger partial charge in [-0.1, -0.05) is 29.8 Å². The minimum absolute atomic E-state index is 0.473. The number of rotatable bonds is 3. The Kier molecular flexibility index (Phi) is 3.55. The Labute approximate surface area is 128 Å². The zero-order chi connectivity index (χ0) is 14.8. The van der Waals surface area contributed by atoms with Crippen molar-refractivity contribution in [2.45, 2.75) is 6.54 Å². The second-order valence-corrected chi connectivity index (χ2v) is 5.35. The minimum Gasteiger partial charge on any atom is -0.381 e. The minimum atomic E-state index is 0.473. The number of para-hydroxylation sites is 1. The predicted molar refractivity (Wildman–Crippen MR) is 86.4 cm³/mol. The Bertz CT molecular complexity index is 843. The third kappa shape index (κ3) is 2.58. The van der Waals surface area contributed by atoms with E-state index in [0.717, 1.165) is 5.69 Å². The van der Waals surface area contributed by atoms with E-state index < -0.39 is 0 Å². The van der Waals surface area contributed by atoms with E-state index in [1.165, 1.54) is 16.5 Å². The number of nitriles is 1. The number of fused-ring (bicyclic) bond motifs is 1. The Morgan fingerprint density at radius 2 is 2.05 bits per heavy atom. The van der Waals surface area contributed by atoms with E-state index in [2.05, 4.69) is 34.3 Å². The molecule has 104 valence electrons. The van der Waals surface area contributed by atoms with Crippen LogP contribution in [0.4, 0.5) is 5.69 Å². The van der Waals surface area contributed by atoms with E-state index in [1.807, 2.05) is 25.2 Å². The van der Waals surface area contributed by atoms with Crippen LogP contribution in [0.1, 0.15) is 11.1 Å². The molecule has 1 heterocycles. The van der Waals surface area contributed by atoms with Crippen molar-refractivity contribution in [3.05, 3.63) is 64.8 Å². The summed E-state index contributed by atoms with van der Waals surface area (Å²) in [5.74, 6) is 0. The van der Waals surface area contributed by atoms with Crippen molar-refractivity contribution in [2.24, 2.45) is 7.05 Å². The number of nitrogens with one attached hydrogen (secondary N) is 1. The van der Waals surface area contributed by atoms with Crippen LogP contribution in [0.3, 0.4) is 0 Å². The molecule has 3 nitrogen and oxygen atoms in total.